The Kier molecular flexibility index (Phi) is 4.74. The van der Waals surface area contributed by atoms with Crippen LogP contribution in [0.1, 0.15) is 25.3 Å². The van der Waals surface area contributed by atoms with Crippen molar-refractivity contribution in [3.63, 3.8) is 0 Å². The van der Waals surface area contributed by atoms with Crippen molar-refractivity contribution in [3.8, 4) is 0 Å². The molecular formula is C15H20N2O3. The Morgan fingerprint density at radius 3 is 2.65 bits per heavy atom. The third-order valence-corrected chi connectivity index (χ3v) is 3.52. The predicted octanol–water partition coefficient (Wildman–Crippen LogP) is 0.673. The van der Waals surface area contributed by atoms with Gasteiger partial charge in [0.05, 0.1) is 6.04 Å². The molecule has 0 aliphatic heterocycles. The van der Waals surface area contributed by atoms with E-state index in [1.807, 2.05) is 30.3 Å². The fraction of sp³-hybridized carbons (Fsp3) is 0.467. The van der Waals surface area contributed by atoms with E-state index in [-0.39, 0.29) is 6.04 Å². The summed E-state index contributed by atoms with van der Waals surface area (Å²) in [6.45, 7) is 2.05. The molecule has 1 aliphatic carbocycles. The molecule has 2 rings (SSSR count). The molecule has 108 valence electrons. The van der Waals surface area contributed by atoms with Crippen molar-refractivity contribution < 1.29 is 14.7 Å². The van der Waals surface area contributed by atoms with Gasteiger partial charge in [0.15, 0.2) is 6.10 Å². The molecule has 1 aliphatic rings. The van der Waals surface area contributed by atoms with Gasteiger partial charge in [0.1, 0.15) is 0 Å². The van der Waals surface area contributed by atoms with Gasteiger partial charge in [-0.3, -0.25) is 9.59 Å². The van der Waals surface area contributed by atoms with E-state index in [9.17, 15) is 14.7 Å². The Hall–Kier alpha value is -1.88. The highest BCUT2D eigenvalue weighted by molar-refractivity contribution is 5.82. The summed E-state index contributed by atoms with van der Waals surface area (Å²) in [6, 6.07) is 9.11. The second-order valence-corrected chi connectivity index (χ2v) is 5.23. The third-order valence-electron chi connectivity index (χ3n) is 3.52. The van der Waals surface area contributed by atoms with E-state index in [1.165, 1.54) is 4.90 Å². The van der Waals surface area contributed by atoms with Crippen molar-refractivity contribution in [3.05, 3.63) is 35.9 Å². The number of rotatable bonds is 7. The molecule has 2 atom stereocenters. The maximum Gasteiger partial charge on any atom is 0.251 e. The van der Waals surface area contributed by atoms with Gasteiger partial charge < -0.3 is 15.3 Å². The summed E-state index contributed by atoms with van der Waals surface area (Å²) in [4.78, 5) is 24.4. The van der Waals surface area contributed by atoms with Crippen LogP contribution in [0.4, 0.5) is 0 Å². The van der Waals surface area contributed by atoms with Crippen LogP contribution in [0.2, 0.25) is 0 Å². The number of nitrogens with one attached hydrogen (secondary N) is 1. The lowest BCUT2D eigenvalue weighted by molar-refractivity contribution is -0.135. The molecule has 5 heteroatoms. The van der Waals surface area contributed by atoms with E-state index in [0.717, 1.165) is 18.4 Å². The Morgan fingerprint density at radius 2 is 2.10 bits per heavy atom. The Labute approximate surface area is 118 Å². The molecule has 0 saturated heterocycles. The van der Waals surface area contributed by atoms with Gasteiger partial charge >= 0.3 is 0 Å². The van der Waals surface area contributed by atoms with Crippen molar-refractivity contribution in [2.75, 3.05) is 0 Å². The quantitative estimate of drug-likeness (QED) is 0.719. The minimum Gasteiger partial charge on any atom is -0.381 e. The lowest BCUT2D eigenvalue weighted by atomic mass is 10.1. The fourth-order valence-corrected chi connectivity index (χ4v) is 1.99. The molecule has 0 spiro atoms. The molecule has 1 fully saturated rings. The van der Waals surface area contributed by atoms with Gasteiger partial charge in [-0.2, -0.15) is 0 Å². The first-order valence-corrected chi connectivity index (χ1v) is 6.85. The predicted molar refractivity (Wildman–Crippen MR) is 74.7 cm³/mol. The zero-order valence-corrected chi connectivity index (χ0v) is 11.5. The summed E-state index contributed by atoms with van der Waals surface area (Å²) in [7, 11) is 0. The molecule has 20 heavy (non-hydrogen) atoms. The molecule has 1 saturated carbocycles. The number of carbonyl (C=O) groups excluding carboxylic acids is 2. The number of hydrogen-bond acceptors (Lipinski definition) is 3. The van der Waals surface area contributed by atoms with E-state index in [2.05, 4.69) is 5.32 Å². The van der Waals surface area contributed by atoms with Crippen molar-refractivity contribution in [2.24, 2.45) is 0 Å². The van der Waals surface area contributed by atoms with E-state index in [0.29, 0.717) is 13.0 Å². The van der Waals surface area contributed by atoms with E-state index in [4.69, 9.17) is 0 Å². The van der Waals surface area contributed by atoms with Crippen molar-refractivity contribution in [1.82, 2.24) is 10.2 Å². The van der Waals surface area contributed by atoms with Gasteiger partial charge in [-0.05, 0) is 25.3 Å². The number of amides is 2. The minimum atomic E-state index is -1.20. The van der Waals surface area contributed by atoms with Crippen LogP contribution in [-0.4, -0.2) is 40.5 Å². The zero-order chi connectivity index (χ0) is 14.5. The largest absolute Gasteiger partial charge is 0.381 e. The third kappa shape index (κ3) is 3.81. The van der Waals surface area contributed by atoms with Crippen LogP contribution in [0.3, 0.4) is 0 Å². The summed E-state index contributed by atoms with van der Waals surface area (Å²) in [5.74, 6) is -0.403. The van der Waals surface area contributed by atoms with Crippen LogP contribution < -0.4 is 5.32 Å². The normalized spacial score (nSPS) is 17.1. The van der Waals surface area contributed by atoms with Crippen molar-refractivity contribution in [2.45, 2.75) is 44.5 Å². The minimum absolute atomic E-state index is 0.197. The Balaban J connectivity index is 1.94. The van der Waals surface area contributed by atoms with Gasteiger partial charge in [0.25, 0.3) is 5.91 Å². The standard InChI is InChI=1S/C15H20N2O3/c1-11(14(19)15(20)16-13-7-8-13)17(10-18)9-12-5-3-2-4-6-12/h2-6,10-11,13-14,19H,7-9H2,1H3,(H,16,20). The maximum absolute atomic E-state index is 11.8. The summed E-state index contributed by atoms with van der Waals surface area (Å²) in [6.07, 6.45) is 1.40. The lowest BCUT2D eigenvalue weighted by Gasteiger charge is -2.28. The molecule has 1 aromatic carbocycles. The second kappa shape index (κ2) is 6.52. The van der Waals surface area contributed by atoms with Crippen LogP contribution >= 0.6 is 0 Å². The highest BCUT2D eigenvalue weighted by Crippen LogP contribution is 2.19. The molecule has 1 aromatic rings. The van der Waals surface area contributed by atoms with Crippen molar-refractivity contribution in [1.29, 1.82) is 0 Å². The topological polar surface area (TPSA) is 69.6 Å². The first kappa shape index (κ1) is 14.5. The van der Waals surface area contributed by atoms with Crippen LogP contribution in [-0.2, 0) is 16.1 Å². The number of nitrogens with zero attached hydrogens (tertiary/aromatic N) is 1. The van der Waals surface area contributed by atoms with Gasteiger partial charge in [-0.25, -0.2) is 0 Å². The summed E-state index contributed by atoms with van der Waals surface area (Å²) in [5.41, 5.74) is 0.959. The number of aliphatic hydroxyl groups is 1. The zero-order valence-electron chi connectivity index (χ0n) is 11.5. The smallest absolute Gasteiger partial charge is 0.251 e. The van der Waals surface area contributed by atoms with E-state index in [1.54, 1.807) is 6.92 Å². The molecule has 0 heterocycles. The Morgan fingerprint density at radius 1 is 1.45 bits per heavy atom. The first-order valence-electron chi connectivity index (χ1n) is 6.85. The summed E-state index contributed by atoms with van der Waals surface area (Å²) < 4.78 is 0. The number of hydrogen-bond donors (Lipinski definition) is 2. The maximum atomic E-state index is 11.8. The number of aliphatic hydroxyl groups excluding tert-OH is 1. The monoisotopic (exact) mass is 276 g/mol. The molecule has 2 amide bonds. The molecule has 5 nitrogen and oxygen atoms in total. The number of benzene rings is 1. The van der Waals surface area contributed by atoms with Gasteiger partial charge in [0.2, 0.25) is 6.41 Å². The average Bonchev–Trinajstić information content (AvgIpc) is 3.28. The highest BCUT2D eigenvalue weighted by Gasteiger charge is 2.31. The highest BCUT2D eigenvalue weighted by atomic mass is 16.3. The van der Waals surface area contributed by atoms with Gasteiger partial charge in [0, 0.05) is 12.6 Å². The molecule has 0 bridgehead atoms. The second-order valence-electron chi connectivity index (χ2n) is 5.23. The van der Waals surface area contributed by atoms with Gasteiger partial charge in [-0.15, -0.1) is 0 Å². The average molecular weight is 276 g/mol. The summed E-state index contributed by atoms with van der Waals surface area (Å²) >= 11 is 0. The van der Waals surface area contributed by atoms with Crippen LogP contribution in [0.5, 0.6) is 0 Å². The lowest BCUT2D eigenvalue weighted by Crippen LogP contribution is -2.49. The van der Waals surface area contributed by atoms with Crippen LogP contribution in [0, 0.1) is 0 Å². The molecule has 0 aromatic heterocycles. The number of carbonyl (C=O) groups is 2. The molecule has 0 radical (unpaired) electrons. The van der Waals surface area contributed by atoms with Gasteiger partial charge in [-0.1, -0.05) is 30.3 Å². The summed E-state index contributed by atoms with van der Waals surface area (Å²) in [5, 5.41) is 12.8. The Bertz CT molecular complexity index is 459. The molecule has 2 N–H and O–H groups in total. The fourth-order valence-electron chi connectivity index (χ4n) is 1.99. The molecule has 2 unspecified atom stereocenters. The van der Waals surface area contributed by atoms with E-state index < -0.39 is 18.1 Å². The van der Waals surface area contributed by atoms with Crippen molar-refractivity contribution >= 4 is 12.3 Å². The van der Waals surface area contributed by atoms with Crippen LogP contribution in [0.15, 0.2) is 30.3 Å². The SMILES string of the molecule is CC(C(O)C(=O)NC1CC1)N(C=O)Cc1ccccc1. The van der Waals surface area contributed by atoms with Crippen LogP contribution in [0.25, 0.3) is 0 Å². The first-order chi connectivity index (χ1) is 9.61. The van der Waals surface area contributed by atoms with E-state index >= 15 is 0 Å². The molecular weight excluding hydrogens is 256 g/mol.